The van der Waals surface area contributed by atoms with Crippen molar-refractivity contribution < 1.29 is 9.53 Å². The van der Waals surface area contributed by atoms with Gasteiger partial charge in [0.2, 0.25) is 5.91 Å². The van der Waals surface area contributed by atoms with Gasteiger partial charge in [0, 0.05) is 19.1 Å². The molecule has 4 nitrogen and oxygen atoms in total. The lowest BCUT2D eigenvalue weighted by molar-refractivity contribution is -0.131. The summed E-state index contributed by atoms with van der Waals surface area (Å²) in [5, 5.41) is 0. The SMILES string of the molecule is COc1ccc(CC(=O)N2CCCC(N)C2)cc1Br.Cl. The molecule has 112 valence electrons. The molecular formula is C14H20BrClN2O2. The minimum absolute atomic E-state index is 0. The summed E-state index contributed by atoms with van der Waals surface area (Å²) in [4.78, 5) is 14.1. The van der Waals surface area contributed by atoms with Crippen molar-refractivity contribution in [3.63, 3.8) is 0 Å². The number of nitrogens with two attached hydrogens (primary N) is 1. The predicted molar refractivity (Wildman–Crippen MR) is 85.4 cm³/mol. The lowest BCUT2D eigenvalue weighted by Crippen LogP contribution is -2.46. The Bertz CT molecular complexity index is 470. The van der Waals surface area contributed by atoms with Gasteiger partial charge in [-0.25, -0.2) is 0 Å². The van der Waals surface area contributed by atoms with Crippen molar-refractivity contribution in [2.75, 3.05) is 20.2 Å². The van der Waals surface area contributed by atoms with Gasteiger partial charge in [-0.3, -0.25) is 4.79 Å². The molecule has 2 rings (SSSR count). The van der Waals surface area contributed by atoms with Crippen LogP contribution in [0.1, 0.15) is 18.4 Å². The summed E-state index contributed by atoms with van der Waals surface area (Å²) in [6.45, 7) is 1.50. The number of hydrogen-bond acceptors (Lipinski definition) is 3. The molecule has 1 amide bonds. The van der Waals surface area contributed by atoms with E-state index < -0.39 is 0 Å². The van der Waals surface area contributed by atoms with Crippen molar-refractivity contribution in [2.24, 2.45) is 5.73 Å². The van der Waals surface area contributed by atoms with Crippen molar-refractivity contribution in [3.05, 3.63) is 28.2 Å². The number of halogens is 2. The Morgan fingerprint density at radius 1 is 1.55 bits per heavy atom. The first kappa shape index (κ1) is 17.3. The van der Waals surface area contributed by atoms with Gasteiger partial charge in [0.15, 0.2) is 0 Å². The summed E-state index contributed by atoms with van der Waals surface area (Å²) in [6, 6.07) is 5.85. The van der Waals surface area contributed by atoms with Crippen molar-refractivity contribution in [2.45, 2.75) is 25.3 Å². The number of piperidine rings is 1. The number of ether oxygens (including phenoxy) is 1. The summed E-state index contributed by atoms with van der Waals surface area (Å²) in [5.41, 5.74) is 6.88. The Labute approximate surface area is 134 Å². The number of carbonyl (C=O) groups is 1. The maximum Gasteiger partial charge on any atom is 0.227 e. The third-order valence-corrected chi connectivity index (χ3v) is 4.00. The second-order valence-electron chi connectivity index (χ2n) is 4.89. The van der Waals surface area contributed by atoms with Gasteiger partial charge in [0.25, 0.3) is 0 Å². The smallest absolute Gasteiger partial charge is 0.227 e. The largest absolute Gasteiger partial charge is 0.496 e. The summed E-state index contributed by atoms with van der Waals surface area (Å²) in [5.74, 6) is 0.920. The molecule has 0 saturated carbocycles. The average Bonchev–Trinajstić information content (AvgIpc) is 2.39. The van der Waals surface area contributed by atoms with E-state index >= 15 is 0 Å². The fourth-order valence-electron chi connectivity index (χ4n) is 2.34. The zero-order valence-corrected chi connectivity index (χ0v) is 13.9. The number of rotatable bonds is 3. The highest BCUT2D eigenvalue weighted by Crippen LogP contribution is 2.26. The molecule has 1 aromatic rings. The van der Waals surface area contributed by atoms with Gasteiger partial charge in [-0.05, 0) is 46.5 Å². The quantitative estimate of drug-likeness (QED) is 0.897. The molecule has 1 atom stereocenters. The van der Waals surface area contributed by atoms with Crippen LogP contribution in [0.4, 0.5) is 0 Å². The number of carbonyl (C=O) groups excluding carboxylic acids is 1. The average molecular weight is 364 g/mol. The van der Waals surface area contributed by atoms with E-state index in [2.05, 4.69) is 15.9 Å². The zero-order valence-electron chi connectivity index (χ0n) is 11.5. The molecule has 1 aliphatic heterocycles. The Kier molecular flexibility index (Phi) is 6.79. The topological polar surface area (TPSA) is 55.6 Å². The van der Waals surface area contributed by atoms with Gasteiger partial charge in [0.05, 0.1) is 18.0 Å². The molecule has 2 N–H and O–H groups in total. The van der Waals surface area contributed by atoms with Crippen LogP contribution in [0.3, 0.4) is 0 Å². The molecule has 1 heterocycles. The van der Waals surface area contributed by atoms with Crippen molar-refractivity contribution in [3.8, 4) is 5.75 Å². The van der Waals surface area contributed by atoms with Gasteiger partial charge in [-0.15, -0.1) is 12.4 Å². The molecule has 0 radical (unpaired) electrons. The molecule has 1 saturated heterocycles. The van der Waals surface area contributed by atoms with E-state index in [1.165, 1.54) is 0 Å². The van der Waals surface area contributed by atoms with E-state index in [0.717, 1.165) is 35.2 Å². The van der Waals surface area contributed by atoms with Crippen LogP contribution in [0.15, 0.2) is 22.7 Å². The molecule has 0 spiro atoms. The normalized spacial score (nSPS) is 18.4. The molecule has 6 heteroatoms. The van der Waals surface area contributed by atoms with E-state index in [1.54, 1.807) is 7.11 Å². The number of likely N-dealkylation sites (tertiary alicyclic amines) is 1. The van der Waals surface area contributed by atoms with Crippen molar-refractivity contribution in [1.29, 1.82) is 0 Å². The second kappa shape index (κ2) is 7.86. The number of hydrogen-bond donors (Lipinski definition) is 1. The summed E-state index contributed by atoms with van der Waals surface area (Å²) in [6.07, 6.45) is 2.42. The van der Waals surface area contributed by atoms with Crippen molar-refractivity contribution in [1.82, 2.24) is 4.90 Å². The van der Waals surface area contributed by atoms with Crippen molar-refractivity contribution >= 4 is 34.2 Å². The first-order chi connectivity index (χ1) is 9.10. The second-order valence-corrected chi connectivity index (χ2v) is 5.74. The van der Waals surface area contributed by atoms with Crippen LogP contribution in [0.25, 0.3) is 0 Å². The van der Waals surface area contributed by atoms with Crippen LogP contribution in [0.5, 0.6) is 5.75 Å². The number of methoxy groups -OCH3 is 1. The van der Waals surface area contributed by atoms with E-state index in [-0.39, 0.29) is 24.4 Å². The van der Waals surface area contributed by atoms with Crippen LogP contribution in [-0.4, -0.2) is 37.0 Å². The van der Waals surface area contributed by atoms with Gasteiger partial charge in [-0.1, -0.05) is 6.07 Å². The lowest BCUT2D eigenvalue weighted by atomic mass is 10.1. The number of benzene rings is 1. The molecule has 20 heavy (non-hydrogen) atoms. The van der Waals surface area contributed by atoms with E-state index in [1.807, 2.05) is 23.1 Å². The maximum atomic E-state index is 12.2. The minimum Gasteiger partial charge on any atom is -0.496 e. The molecule has 1 unspecified atom stereocenters. The fraction of sp³-hybridized carbons (Fsp3) is 0.500. The summed E-state index contributed by atoms with van der Waals surface area (Å²) >= 11 is 3.43. The van der Waals surface area contributed by atoms with Crippen LogP contribution in [0, 0.1) is 0 Å². The molecule has 0 aliphatic carbocycles. The highest BCUT2D eigenvalue weighted by Gasteiger charge is 2.21. The van der Waals surface area contributed by atoms with Gasteiger partial charge in [-0.2, -0.15) is 0 Å². The summed E-state index contributed by atoms with van der Waals surface area (Å²) in [7, 11) is 1.63. The third kappa shape index (κ3) is 4.36. The first-order valence-electron chi connectivity index (χ1n) is 6.46. The molecular weight excluding hydrogens is 344 g/mol. The van der Waals surface area contributed by atoms with E-state index in [0.29, 0.717) is 13.0 Å². The van der Waals surface area contributed by atoms with Gasteiger partial charge >= 0.3 is 0 Å². The Morgan fingerprint density at radius 3 is 2.90 bits per heavy atom. The number of nitrogens with zero attached hydrogens (tertiary/aromatic N) is 1. The Balaban J connectivity index is 0.00000200. The highest BCUT2D eigenvalue weighted by atomic mass is 79.9. The fourth-order valence-corrected chi connectivity index (χ4v) is 2.93. The molecule has 1 aliphatic rings. The van der Waals surface area contributed by atoms with Crippen LogP contribution >= 0.6 is 28.3 Å². The lowest BCUT2D eigenvalue weighted by Gasteiger charge is -2.30. The minimum atomic E-state index is 0. The Hall–Kier alpha value is -0.780. The van der Waals surface area contributed by atoms with Gasteiger partial charge < -0.3 is 15.4 Å². The molecule has 0 aromatic heterocycles. The predicted octanol–water partition coefficient (Wildman–Crippen LogP) is 2.37. The van der Waals surface area contributed by atoms with Crippen LogP contribution in [0.2, 0.25) is 0 Å². The van der Waals surface area contributed by atoms with E-state index in [9.17, 15) is 4.79 Å². The number of amides is 1. The molecule has 1 fully saturated rings. The monoisotopic (exact) mass is 362 g/mol. The molecule has 0 bridgehead atoms. The third-order valence-electron chi connectivity index (χ3n) is 3.38. The molecule has 1 aromatic carbocycles. The first-order valence-corrected chi connectivity index (χ1v) is 7.25. The summed E-state index contributed by atoms with van der Waals surface area (Å²) < 4.78 is 6.05. The highest BCUT2D eigenvalue weighted by molar-refractivity contribution is 9.10. The zero-order chi connectivity index (χ0) is 13.8. The van der Waals surface area contributed by atoms with Crippen LogP contribution < -0.4 is 10.5 Å². The van der Waals surface area contributed by atoms with Crippen LogP contribution in [-0.2, 0) is 11.2 Å². The van der Waals surface area contributed by atoms with Gasteiger partial charge in [0.1, 0.15) is 5.75 Å². The van der Waals surface area contributed by atoms with E-state index in [4.69, 9.17) is 10.5 Å². The Morgan fingerprint density at radius 2 is 2.30 bits per heavy atom. The standard InChI is InChI=1S/C14H19BrN2O2.ClH/c1-19-13-5-4-10(7-12(13)15)8-14(18)17-6-2-3-11(16)9-17;/h4-5,7,11H,2-3,6,8-9,16H2,1H3;1H. The maximum absolute atomic E-state index is 12.2.